The van der Waals surface area contributed by atoms with E-state index in [0.717, 1.165) is 24.2 Å². The fraction of sp³-hybridized carbons (Fsp3) is 0.409. The van der Waals surface area contributed by atoms with Gasteiger partial charge in [0.1, 0.15) is 0 Å². The summed E-state index contributed by atoms with van der Waals surface area (Å²) in [7, 11) is -3.76. The Hall–Kier alpha value is -2.26. The first kappa shape index (κ1) is 22.4. The largest absolute Gasteiger partial charge is 0.379 e. The molecular weight excluding hydrogens is 402 g/mol. The van der Waals surface area contributed by atoms with E-state index in [9.17, 15) is 13.2 Å². The Bertz CT molecular complexity index is 1000. The highest BCUT2D eigenvalue weighted by Crippen LogP contribution is 2.24. The van der Waals surface area contributed by atoms with Crippen molar-refractivity contribution in [3.63, 3.8) is 0 Å². The van der Waals surface area contributed by atoms with E-state index in [2.05, 4.69) is 21.0 Å². The maximum absolute atomic E-state index is 13.1. The van der Waals surface area contributed by atoms with E-state index in [4.69, 9.17) is 4.74 Å². The minimum Gasteiger partial charge on any atom is -0.379 e. The smallest absolute Gasteiger partial charge is 0.240 e. The highest BCUT2D eigenvalue weighted by atomic mass is 32.2. The van der Waals surface area contributed by atoms with E-state index in [1.54, 1.807) is 19.1 Å². The van der Waals surface area contributed by atoms with Gasteiger partial charge in [-0.1, -0.05) is 35.9 Å². The number of hydrogen-bond acceptors (Lipinski definition) is 5. The van der Waals surface area contributed by atoms with Gasteiger partial charge < -0.3 is 10.1 Å². The standard InChI is InChI=1S/C22H29N3O4S/c1-16-5-4-6-19(13-16)21(25-9-11-29-12-10-25)15-23-30(27,28)22-14-20(24-18(3)26)8-7-17(22)2/h4-8,13-14,21,23H,9-12,15H2,1-3H3,(H,24,26). The van der Waals surface area contributed by atoms with Crippen molar-refractivity contribution in [2.75, 3.05) is 38.2 Å². The molecule has 8 heteroatoms. The van der Waals surface area contributed by atoms with Gasteiger partial charge in [0.2, 0.25) is 15.9 Å². The zero-order chi connectivity index (χ0) is 21.7. The number of amides is 1. The highest BCUT2D eigenvalue weighted by molar-refractivity contribution is 7.89. The number of hydrogen-bond donors (Lipinski definition) is 2. The molecular formula is C22H29N3O4S. The van der Waals surface area contributed by atoms with Gasteiger partial charge in [0.25, 0.3) is 0 Å². The number of anilines is 1. The summed E-state index contributed by atoms with van der Waals surface area (Å²) in [5.41, 5.74) is 3.28. The van der Waals surface area contributed by atoms with Crippen molar-refractivity contribution in [2.24, 2.45) is 0 Å². The molecule has 1 unspecified atom stereocenters. The van der Waals surface area contributed by atoms with Gasteiger partial charge in [0, 0.05) is 38.3 Å². The van der Waals surface area contributed by atoms with Crippen LogP contribution in [0.1, 0.15) is 29.7 Å². The third kappa shape index (κ3) is 5.66. The average molecular weight is 432 g/mol. The number of aryl methyl sites for hydroxylation is 2. The van der Waals surface area contributed by atoms with Crippen LogP contribution in [-0.4, -0.2) is 52.1 Å². The van der Waals surface area contributed by atoms with Crippen LogP contribution in [0.25, 0.3) is 0 Å². The fourth-order valence-electron chi connectivity index (χ4n) is 3.66. The molecule has 7 nitrogen and oxygen atoms in total. The lowest BCUT2D eigenvalue weighted by atomic mass is 10.0. The van der Waals surface area contributed by atoms with Crippen LogP contribution >= 0.6 is 0 Å². The zero-order valence-electron chi connectivity index (χ0n) is 17.6. The van der Waals surface area contributed by atoms with Gasteiger partial charge in [0.05, 0.1) is 18.1 Å². The van der Waals surface area contributed by atoms with Crippen LogP contribution in [0.4, 0.5) is 5.69 Å². The topological polar surface area (TPSA) is 87.7 Å². The van der Waals surface area contributed by atoms with E-state index in [0.29, 0.717) is 24.5 Å². The third-order valence-electron chi connectivity index (χ3n) is 5.18. The molecule has 2 aromatic carbocycles. The maximum atomic E-state index is 13.1. The summed E-state index contributed by atoms with van der Waals surface area (Å²) >= 11 is 0. The summed E-state index contributed by atoms with van der Waals surface area (Å²) in [6, 6.07) is 12.9. The van der Waals surface area contributed by atoms with Crippen LogP contribution < -0.4 is 10.0 Å². The van der Waals surface area contributed by atoms with Gasteiger partial charge >= 0.3 is 0 Å². The maximum Gasteiger partial charge on any atom is 0.240 e. The quantitative estimate of drug-likeness (QED) is 0.704. The average Bonchev–Trinajstić information content (AvgIpc) is 2.70. The van der Waals surface area contributed by atoms with Crippen LogP contribution in [0, 0.1) is 13.8 Å². The normalized spacial score (nSPS) is 16.2. The molecule has 30 heavy (non-hydrogen) atoms. The molecule has 1 aliphatic heterocycles. The van der Waals surface area contributed by atoms with Gasteiger partial charge in [-0.25, -0.2) is 13.1 Å². The molecule has 162 valence electrons. The van der Waals surface area contributed by atoms with E-state index in [1.807, 2.05) is 25.1 Å². The molecule has 1 atom stereocenters. The van der Waals surface area contributed by atoms with Crippen molar-refractivity contribution >= 4 is 21.6 Å². The molecule has 2 aromatic rings. The number of rotatable bonds is 7. The van der Waals surface area contributed by atoms with Crippen molar-refractivity contribution in [1.29, 1.82) is 0 Å². The number of carbonyl (C=O) groups excluding carboxylic acids is 1. The molecule has 3 rings (SSSR count). The Kier molecular flexibility index (Phi) is 7.25. The first-order valence-electron chi connectivity index (χ1n) is 10.0. The second-order valence-corrected chi connectivity index (χ2v) is 9.33. The molecule has 0 spiro atoms. The molecule has 1 saturated heterocycles. The van der Waals surface area contributed by atoms with Gasteiger partial charge in [-0.2, -0.15) is 0 Å². The molecule has 0 radical (unpaired) electrons. The number of nitrogens with zero attached hydrogens (tertiary/aromatic N) is 1. The summed E-state index contributed by atoms with van der Waals surface area (Å²) < 4.78 is 34.5. The van der Waals surface area contributed by atoms with Crippen LogP contribution in [0.3, 0.4) is 0 Å². The number of nitrogens with one attached hydrogen (secondary N) is 2. The first-order chi connectivity index (χ1) is 14.3. The molecule has 1 fully saturated rings. The van der Waals surface area contributed by atoms with Gasteiger partial charge in [-0.05, 0) is 37.1 Å². The van der Waals surface area contributed by atoms with Gasteiger partial charge in [0.15, 0.2) is 0 Å². The highest BCUT2D eigenvalue weighted by Gasteiger charge is 2.26. The lowest BCUT2D eigenvalue weighted by Gasteiger charge is -2.35. The number of morpholine rings is 1. The van der Waals surface area contributed by atoms with E-state index >= 15 is 0 Å². The molecule has 1 amide bonds. The monoisotopic (exact) mass is 431 g/mol. The van der Waals surface area contributed by atoms with Crippen molar-refractivity contribution in [3.8, 4) is 0 Å². The summed E-state index contributed by atoms with van der Waals surface area (Å²) in [5.74, 6) is -0.248. The Morgan fingerprint density at radius 2 is 1.87 bits per heavy atom. The molecule has 0 saturated carbocycles. The third-order valence-corrected chi connectivity index (χ3v) is 6.74. The van der Waals surface area contributed by atoms with Crippen LogP contribution in [0.2, 0.25) is 0 Å². The van der Waals surface area contributed by atoms with Crippen LogP contribution in [-0.2, 0) is 19.6 Å². The fourth-order valence-corrected chi connectivity index (χ4v) is 4.97. The van der Waals surface area contributed by atoms with Crippen molar-refractivity contribution in [1.82, 2.24) is 9.62 Å². The second kappa shape index (κ2) is 9.70. The molecule has 0 bridgehead atoms. The Labute approximate surface area is 178 Å². The second-order valence-electron chi connectivity index (χ2n) is 7.59. The number of carbonyl (C=O) groups is 1. The predicted octanol–water partition coefficient (Wildman–Crippen LogP) is 2.61. The minimum absolute atomic E-state index is 0.0950. The van der Waals surface area contributed by atoms with Crippen LogP contribution in [0.15, 0.2) is 47.4 Å². The zero-order valence-corrected chi connectivity index (χ0v) is 18.5. The molecule has 0 aromatic heterocycles. The summed E-state index contributed by atoms with van der Waals surface area (Å²) in [4.78, 5) is 13.8. The van der Waals surface area contributed by atoms with Gasteiger partial charge in [-0.15, -0.1) is 0 Å². The van der Waals surface area contributed by atoms with Crippen molar-refractivity contribution in [3.05, 3.63) is 59.2 Å². The predicted molar refractivity (Wildman–Crippen MR) is 117 cm³/mol. The Morgan fingerprint density at radius 3 is 2.53 bits per heavy atom. The SMILES string of the molecule is CC(=O)Nc1ccc(C)c(S(=O)(=O)NCC(c2cccc(C)c2)N2CCOCC2)c1. The Balaban J connectivity index is 1.84. The lowest BCUT2D eigenvalue weighted by molar-refractivity contribution is -0.114. The minimum atomic E-state index is -3.76. The van der Waals surface area contributed by atoms with E-state index in [-0.39, 0.29) is 23.4 Å². The lowest BCUT2D eigenvalue weighted by Crippen LogP contribution is -2.43. The number of sulfonamides is 1. The first-order valence-corrected chi connectivity index (χ1v) is 11.5. The van der Waals surface area contributed by atoms with Gasteiger partial charge in [-0.3, -0.25) is 9.69 Å². The van der Waals surface area contributed by atoms with Crippen LogP contribution in [0.5, 0.6) is 0 Å². The van der Waals surface area contributed by atoms with Crippen molar-refractivity contribution < 1.29 is 17.9 Å². The van der Waals surface area contributed by atoms with E-state index in [1.165, 1.54) is 13.0 Å². The summed E-state index contributed by atoms with van der Waals surface area (Å²) in [6.45, 7) is 8.17. The molecule has 2 N–H and O–H groups in total. The van der Waals surface area contributed by atoms with Crippen molar-refractivity contribution in [2.45, 2.75) is 31.7 Å². The number of ether oxygens (including phenoxy) is 1. The molecule has 1 aliphatic rings. The molecule has 1 heterocycles. The molecule has 0 aliphatic carbocycles. The summed E-state index contributed by atoms with van der Waals surface area (Å²) in [6.07, 6.45) is 0. The number of benzene rings is 2. The summed E-state index contributed by atoms with van der Waals surface area (Å²) in [5, 5.41) is 2.64. The Morgan fingerprint density at radius 1 is 1.13 bits per heavy atom. The van der Waals surface area contributed by atoms with E-state index < -0.39 is 10.0 Å².